The maximum Gasteiger partial charge on any atom is 0.0735 e. The molecule has 0 bridgehead atoms. The number of nitrogens with two attached hydrogens (primary N) is 1. The Balaban J connectivity index is 1.82. The molecule has 1 aliphatic carbocycles. The monoisotopic (exact) mass is 303 g/mol. The highest BCUT2D eigenvalue weighted by molar-refractivity contribution is 9.10. The first-order valence-electron chi connectivity index (χ1n) is 5.44. The molecule has 0 atom stereocenters. The first-order valence-corrected chi connectivity index (χ1v) is 6.61. The van der Waals surface area contributed by atoms with Gasteiger partial charge in [0.25, 0.3) is 0 Å². The van der Waals surface area contributed by atoms with Crippen molar-refractivity contribution in [2.24, 2.45) is 11.7 Å². The normalized spacial score (nSPS) is 24.2. The highest BCUT2D eigenvalue weighted by atomic mass is 79.9. The van der Waals surface area contributed by atoms with Crippen molar-refractivity contribution in [3.63, 3.8) is 0 Å². The Kier molecular flexibility index (Phi) is 4.25. The van der Waals surface area contributed by atoms with Crippen LogP contribution in [0.5, 0.6) is 0 Å². The minimum absolute atomic E-state index is 0.369. The summed E-state index contributed by atoms with van der Waals surface area (Å²) in [6.07, 6.45) is 2.54. The van der Waals surface area contributed by atoms with E-state index in [2.05, 4.69) is 15.9 Å². The molecule has 1 fully saturated rings. The van der Waals surface area contributed by atoms with Gasteiger partial charge in [-0.05, 0) is 43.0 Å². The van der Waals surface area contributed by atoms with Crippen LogP contribution < -0.4 is 5.73 Å². The van der Waals surface area contributed by atoms with E-state index in [-0.39, 0.29) is 0 Å². The predicted octanol–water partition coefficient (Wildman–Crippen LogP) is 3.36. The van der Waals surface area contributed by atoms with E-state index in [1.54, 1.807) is 0 Å². The lowest BCUT2D eigenvalue weighted by molar-refractivity contribution is -0.0375. The molecule has 0 unspecified atom stereocenters. The van der Waals surface area contributed by atoms with Crippen LogP contribution in [-0.2, 0) is 11.3 Å². The average Bonchev–Trinajstić information content (AvgIpc) is 2.18. The van der Waals surface area contributed by atoms with Gasteiger partial charge >= 0.3 is 0 Å². The SMILES string of the molecule is NCC1CC(OCc2ccc(Br)cc2Cl)C1. The maximum absolute atomic E-state index is 6.10. The number of hydrogen-bond donors (Lipinski definition) is 1. The number of halogens is 2. The molecule has 0 amide bonds. The van der Waals surface area contributed by atoms with Crippen molar-refractivity contribution in [3.05, 3.63) is 33.3 Å². The smallest absolute Gasteiger partial charge is 0.0735 e. The van der Waals surface area contributed by atoms with Gasteiger partial charge in [-0.2, -0.15) is 0 Å². The molecular weight excluding hydrogens is 289 g/mol. The molecule has 0 aromatic heterocycles. The summed E-state index contributed by atoms with van der Waals surface area (Å²) in [5.41, 5.74) is 6.60. The molecule has 16 heavy (non-hydrogen) atoms. The molecule has 0 spiro atoms. The Labute approximate surface area is 109 Å². The Morgan fingerprint density at radius 3 is 2.81 bits per heavy atom. The zero-order valence-corrected chi connectivity index (χ0v) is 11.3. The van der Waals surface area contributed by atoms with E-state index < -0.39 is 0 Å². The lowest BCUT2D eigenvalue weighted by atomic mass is 9.82. The van der Waals surface area contributed by atoms with Crippen molar-refractivity contribution in [2.45, 2.75) is 25.6 Å². The van der Waals surface area contributed by atoms with Gasteiger partial charge in [-0.3, -0.25) is 0 Å². The lowest BCUT2D eigenvalue weighted by Crippen LogP contribution is -2.35. The van der Waals surface area contributed by atoms with Gasteiger partial charge in [0, 0.05) is 9.50 Å². The van der Waals surface area contributed by atoms with Crippen LogP contribution in [0.4, 0.5) is 0 Å². The third-order valence-corrected chi connectivity index (χ3v) is 3.86. The summed E-state index contributed by atoms with van der Waals surface area (Å²) in [5, 5.41) is 0.754. The summed E-state index contributed by atoms with van der Waals surface area (Å²) in [7, 11) is 0. The topological polar surface area (TPSA) is 35.2 Å². The zero-order chi connectivity index (χ0) is 11.5. The molecule has 1 aromatic carbocycles. The molecule has 0 radical (unpaired) electrons. The number of ether oxygens (including phenoxy) is 1. The van der Waals surface area contributed by atoms with Crippen molar-refractivity contribution in [1.29, 1.82) is 0 Å². The van der Waals surface area contributed by atoms with E-state index in [0.29, 0.717) is 18.6 Å². The summed E-state index contributed by atoms with van der Waals surface area (Å²) in [6.45, 7) is 1.37. The Morgan fingerprint density at radius 2 is 2.19 bits per heavy atom. The summed E-state index contributed by atoms with van der Waals surface area (Å²) < 4.78 is 6.76. The van der Waals surface area contributed by atoms with Gasteiger partial charge < -0.3 is 10.5 Å². The van der Waals surface area contributed by atoms with Crippen LogP contribution in [0.2, 0.25) is 5.02 Å². The van der Waals surface area contributed by atoms with E-state index in [1.165, 1.54) is 0 Å². The van der Waals surface area contributed by atoms with Crippen LogP contribution in [0.25, 0.3) is 0 Å². The average molecular weight is 305 g/mol. The van der Waals surface area contributed by atoms with Crippen molar-refractivity contribution >= 4 is 27.5 Å². The number of hydrogen-bond acceptors (Lipinski definition) is 2. The standard InChI is InChI=1S/C12H15BrClNO/c13-10-2-1-9(12(14)5-10)7-16-11-3-8(4-11)6-15/h1-2,5,8,11H,3-4,6-7,15H2. The Morgan fingerprint density at radius 1 is 1.44 bits per heavy atom. The van der Waals surface area contributed by atoms with Crippen LogP contribution in [0.15, 0.2) is 22.7 Å². The van der Waals surface area contributed by atoms with Crippen LogP contribution in [-0.4, -0.2) is 12.6 Å². The Hall–Kier alpha value is -0.0900. The summed E-state index contributed by atoms with van der Waals surface area (Å²) in [4.78, 5) is 0. The molecule has 88 valence electrons. The first-order chi connectivity index (χ1) is 7.69. The van der Waals surface area contributed by atoms with E-state index in [1.807, 2.05) is 18.2 Å². The first kappa shape index (κ1) is 12.4. The minimum atomic E-state index is 0.369. The molecule has 0 heterocycles. The molecule has 2 N–H and O–H groups in total. The van der Waals surface area contributed by atoms with Gasteiger partial charge in [-0.15, -0.1) is 0 Å². The number of rotatable bonds is 4. The second kappa shape index (κ2) is 5.50. The van der Waals surface area contributed by atoms with E-state index in [4.69, 9.17) is 22.1 Å². The summed E-state index contributed by atoms with van der Waals surface area (Å²) in [5.74, 6) is 0.658. The van der Waals surface area contributed by atoms with E-state index in [0.717, 1.165) is 34.4 Å². The quantitative estimate of drug-likeness (QED) is 0.926. The van der Waals surface area contributed by atoms with Gasteiger partial charge in [0.2, 0.25) is 0 Å². The van der Waals surface area contributed by atoms with Crippen LogP contribution in [0, 0.1) is 5.92 Å². The summed E-state index contributed by atoms with van der Waals surface area (Å²) >= 11 is 9.48. The predicted molar refractivity (Wildman–Crippen MR) is 69.5 cm³/mol. The van der Waals surface area contributed by atoms with Crippen molar-refractivity contribution in [3.8, 4) is 0 Å². The van der Waals surface area contributed by atoms with Gasteiger partial charge in [-0.1, -0.05) is 33.6 Å². The molecule has 1 aromatic rings. The van der Waals surface area contributed by atoms with E-state index in [9.17, 15) is 0 Å². The van der Waals surface area contributed by atoms with Gasteiger partial charge in [0.1, 0.15) is 0 Å². The number of benzene rings is 1. The molecule has 2 rings (SSSR count). The van der Waals surface area contributed by atoms with Crippen LogP contribution >= 0.6 is 27.5 Å². The second-order valence-electron chi connectivity index (χ2n) is 4.24. The second-order valence-corrected chi connectivity index (χ2v) is 5.56. The minimum Gasteiger partial charge on any atom is -0.373 e. The van der Waals surface area contributed by atoms with Crippen molar-refractivity contribution in [1.82, 2.24) is 0 Å². The fourth-order valence-electron chi connectivity index (χ4n) is 1.85. The van der Waals surface area contributed by atoms with Gasteiger partial charge in [-0.25, -0.2) is 0 Å². The third-order valence-electron chi connectivity index (χ3n) is 3.02. The molecule has 0 aliphatic heterocycles. The third kappa shape index (κ3) is 2.98. The largest absolute Gasteiger partial charge is 0.373 e. The highest BCUT2D eigenvalue weighted by Gasteiger charge is 2.28. The van der Waals surface area contributed by atoms with Crippen LogP contribution in [0.3, 0.4) is 0 Å². The van der Waals surface area contributed by atoms with Gasteiger partial charge in [0.15, 0.2) is 0 Å². The molecule has 1 saturated carbocycles. The molecule has 0 saturated heterocycles. The molecule has 4 heteroatoms. The molecule has 2 nitrogen and oxygen atoms in total. The van der Waals surface area contributed by atoms with E-state index >= 15 is 0 Å². The van der Waals surface area contributed by atoms with Crippen molar-refractivity contribution in [2.75, 3.05) is 6.54 Å². The Bertz CT molecular complexity index is 366. The van der Waals surface area contributed by atoms with Crippen molar-refractivity contribution < 1.29 is 4.74 Å². The lowest BCUT2D eigenvalue weighted by Gasteiger charge is -2.34. The highest BCUT2D eigenvalue weighted by Crippen LogP contribution is 2.30. The fraction of sp³-hybridized carbons (Fsp3) is 0.500. The fourth-order valence-corrected chi connectivity index (χ4v) is 2.58. The molecular formula is C12H15BrClNO. The van der Waals surface area contributed by atoms with Crippen LogP contribution in [0.1, 0.15) is 18.4 Å². The van der Waals surface area contributed by atoms with Gasteiger partial charge in [0.05, 0.1) is 12.7 Å². The maximum atomic E-state index is 6.10. The summed E-state index contributed by atoms with van der Waals surface area (Å²) in [6, 6.07) is 5.86. The zero-order valence-electron chi connectivity index (χ0n) is 8.96. The molecule has 1 aliphatic rings.